The molecule has 0 aliphatic carbocycles. The molecule has 0 spiro atoms. The number of hydrogen-bond donors (Lipinski definition) is 0. The zero-order valence-electron chi connectivity index (χ0n) is 12.1. The number of ketones is 1. The van der Waals surface area contributed by atoms with Gasteiger partial charge in [0.2, 0.25) is 0 Å². The van der Waals surface area contributed by atoms with Crippen molar-refractivity contribution in [1.82, 2.24) is 4.90 Å². The molecule has 1 aromatic rings. The third-order valence-electron chi connectivity index (χ3n) is 4.04. The van der Waals surface area contributed by atoms with E-state index in [2.05, 4.69) is 18.7 Å². The van der Waals surface area contributed by atoms with E-state index >= 15 is 0 Å². The summed E-state index contributed by atoms with van der Waals surface area (Å²) in [5, 5.41) is 0.925. The van der Waals surface area contributed by atoms with E-state index in [-0.39, 0.29) is 5.78 Å². The molecule has 1 heterocycles. The van der Waals surface area contributed by atoms with E-state index in [1.807, 2.05) is 0 Å². The van der Waals surface area contributed by atoms with Crippen molar-refractivity contribution >= 4 is 29.0 Å². The average Bonchev–Trinajstić information content (AvgIpc) is 2.54. The fraction of sp³-hybridized carbons (Fsp3) is 0.562. The van der Waals surface area contributed by atoms with Crippen molar-refractivity contribution < 1.29 is 4.79 Å². The minimum atomic E-state index is 0.114. The van der Waals surface area contributed by atoms with Gasteiger partial charge in [-0.3, -0.25) is 9.69 Å². The second-order valence-corrected chi connectivity index (χ2v) is 7.16. The van der Waals surface area contributed by atoms with Crippen LogP contribution in [0.15, 0.2) is 18.2 Å². The number of carbonyl (C=O) groups is 1. The molecular formula is C16H21Cl2NO. The lowest BCUT2D eigenvalue weighted by atomic mass is 9.85. The van der Waals surface area contributed by atoms with E-state index in [1.54, 1.807) is 18.2 Å². The molecule has 0 unspecified atom stereocenters. The molecule has 0 amide bonds. The Morgan fingerprint density at radius 2 is 1.95 bits per heavy atom. The predicted octanol–water partition coefficient (Wildman–Crippen LogP) is 4.69. The van der Waals surface area contributed by atoms with Gasteiger partial charge in [-0.15, -0.1) is 0 Å². The fourth-order valence-corrected chi connectivity index (χ4v) is 2.90. The maximum atomic E-state index is 12.3. The van der Waals surface area contributed by atoms with E-state index < -0.39 is 0 Å². The van der Waals surface area contributed by atoms with E-state index in [1.165, 1.54) is 6.42 Å². The van der Waals surface area contributed by atoms with Crippen LogP contribution < -0.4 is 0 Å². The number of nitrogens with zero attached hydrogens (tertiary/aromatic N) is 1. The van der Waals surface area contributed by atoms with Gasteiger partial charge in [-0.25, -0.2) is 0 Å². The SMILES string of the molecule is CC1(C)CCCN(CC(=O)c2ccc(Cl)c(Cl)c2)CC1. The van der Waals surface area contributed by atoms with Crippen molar-refractivity contribution in [2.45, 2.75) is 33.1 Å². The molecule has 1 aromatic carbocycles. The molecular weight excluding hydrogens is 293 g/mol. The Labute approximate surface area is 131 Å². The maximum Gasteiger partial charge on any atom is 0.176 e. The molecule has 1 saturated heterocycles. The number of likely N-dealkylation sites (tertiary alicyclic amines) is 1. The Morgan fingerprint density at radius 1 is 1.20 bits per heavy atom. The highest BCUT2D eigenvalue weighted by Gasteiger charge is 2.24. The highest BCUT2D eigenvalue weighted by Crippen LogP contribution is 2.30. The van der Waals surface area contributed by atoms with Crippen LogP contribution in [0.25, 0.3) is 0 Å². The highest BCUT2D eigenvalue weighted by molar-refractivity contribution is 6.42. The van der Waals surface area contributed by atoms with Gasteiger partial charge in [0.15, 0.2) is 5.78 Å². The molecule has 0 saturated carbocycles. The first-order chi connectivity index (χ1) is 9.37. The first kappa shape index (κ1) is 15.8. The van der Waals surface area contributed by atoms with Gasteiger partial charge in [0.1, 0.15) is 0 Å². The lowest BCUT2D eigenvalue weighted by Gasteiger charge is -2.22. The van der Waals surface area contributed by atoms with Gasteiger partial charge in [-0.1, -0.05) is 37.0 Å². The van der Waals surface area contributed by atoms with Gasteiger partial charge in [-0.2, -0.15) is 0 Å². The summed E-state index contributed by atoms with van der Waals surface area (Å²) in [7, 11) is 0. The first-order valence-corrected chi connectivity index (χ1v) is 7.84. The first-order valence-electron chi connectivity index (χ1n) is 7.08. The third-order valence-corrected chi connectivity index (χ3v) is 4.78. The molecule has 2 rings (SSSR count). The molecule has 1 fully saturated rings. The van der Waals surface area contributed by atoms with Crippen LogP contribution in [0, 0.1) is 5.41 Å². The number of benzene rings is 1. The van der Waals surface area contributed by atoms with Crippen LogP contribution in [-0.2, 0) is 0 Å². The topological polar surface area (TPSA) is 20.3 Å². The Hall–Kier alpha value is -0.570. The molecule has 4 heteroatoms. The summed E-state index contributed by atoms with van der Waals surface area (Å²) in [6.45, 7) is 7.05. The predicted molar refractivity (Wildman–Crippen MR) is 84.9 cm³/mol. The molecule has 0 bridgehead atoms. The van der Waals surface area contributed by atoms with Crippen LogP contribution in [0.1, 0.15) is 43.5 Å². The summed E-state index contributed by atoms with van der Waals surface area (Å²) in [4.78, 5) is 14.6. The lowest BCUT2D eigenvalue weighted by molar-refractivity contribution is 0.0930. The summed E-state index contributed by atoms with van der Waals surface area (Å²) >= 11 is 11.8. The minimum Gasteiger partial charge on any atom is -0.296 e. The zero-order chi connectivity index (χ0) is 14.8. The van der Waals surface area contributed by atoms with E-state index in [9.17, 15) is 4.79 Å². The smallest absolute Gasteiger partial charge is 0.176 e. The van der Waals surface area contributed by atoms with Crippen molar-refractivity contribution in [2.75, 3.05) is 19.6 Å². The summed E-state index contributed by atoms with van der Waals surface area (Å²) in [6, 6.07) is 5.09. The molecule has 20 heavy (non-hydrogen) atoms. The lowest BCUT2D eigenvalue weighted by Crippen LogP contribution is -2.31. The number of hydrogen-bond acceptors (Lipinski definition) is 2. The van der Waals surface area contributed by atoms with Gasteiger partial charge in [0.05, 0.1) is 16.6 Å². The third kappa shape index (κ3) is 4.21. The summed E-state index contributed by atoms with van der Waals surface area (Å²) in [6.07, 6.45) is 3.52. The van der Waals surface area contributed by atoms with Crippen LogP contribution >= 0.6 is 23.2 Å². The fourth-order valence-electron chi connectivity index (χ4n) is 2.60. The van der Waals surface area contributed by atoms with Gasteiger partial charge >= 0.3 is 0 Å². The summed E-state index contributed by atoms with van der Waals surface area (Å²) in [5.41, 5.74) is 1.03. The van der Waals surface area contributed by atoms with Crippen molar-refractivity contribution in [3.63, 3.8) is 0 Å². The van der Waals surface area contributed by atoms with Crippen molar-refractivity contribution in [3.8, 4) is 0 Å². The maximum absolute atomic E-state index is 12.3. The second kappa shape index (κ2) is 6.46. The van der Waals surface area contributed by atoms with Crippen LogP contribution in [0.5, 0.6) is 0 Å². The summed E-state index contributed by atoms with van der Waals surface area (Å²) in [5.74, 6) is 0.114. The Kier molecular flexibility index (Phi) is 5.11. The molecule has 0 radical (unpaired) electrons. The van der Waals surface area contributed by atoms with Crippen molar-refractivity contribution in [2.24, 2.45) is 5.41 Å². The van der Waals surface area contributed by atoms with Gasteiger partial charge in [0, 0.05) is 5.56 Å². The molecule has 0 N–H and O–H groups in total. The molecule has 2 nitrogen and oxygen atoms in total. The Balaban J connectivity index is 1.99. The number of Topliss-reactive ketones (excluding diaryl/α,β-unsaturated/α-hetero) is 1. The highest BCUT2D eigenvalue weighted by atomic mass is 35.5. The Bertz CT molecular complexity index is 499. The number of carbonyl (C=O) groups excluding carboxylic acids is 1. The molecule has 110 valence electrons. The second-order valence-electron chi connectivity index (χ2n) is 6.35. The van der Waals surface area contributed by atoms with Crippen LogP contribution in [0.3, 0.4) is 0 Å². The molecule has 0 atom stereocenters. The Morgan fingerprint density at radius 3 is 2.65 bits per heavy atom. The van der Waals surface area contributed by atoms with Crippen LogP contribution in [0.4, 0.5) is 0 Å². The minimum absolute atomic E-state index is 0.114. The quantitative estimate of drug-likeness (QED) is 0.755. The number of halogens is 2. The van der Waals surface area contributed by atoms with Crippen LogP contribution in [0.2, 0.25) is 10.0 Å². The van der Waals surface area contributed by atoms with Crippen molar-refractivity contribution in [1.29, 1.82) is 0 Å². The zero-order valence-corrected chi connectivity index (χ0v) is 13.6. The summed E-state index contributed by atoms with van der Waals surface area (Å²) < 4.78 is 0. The van der Waals surface area contributed by atoms with Gasteiger partial charge in [-0.05, 0) is 56.0 Å². The monoisotopic (exact) mass is 313 g/mol. The van der Waals surface area contributed by atoms with Crippen molar-refractivity contribution in [3.05, 3.63) is 33.8 Å². The van der Waals surface area contributed by atoms with E-state index in [0.29, 0.717) is 27.6 Å². The van der Waals surface area contributed by atoms with Gasteiger partial charge < -0.3 is 0 Å². The average molecular weight is 314 g/mol. The molecule has 1 aliphatic heterocycles. The van der Waals surface area contributed by atoms with Crippen LogP contribution in [-0.4, -0.2) is 30.3 Å². The number of rotatable bonds is 3. The van der Waals surface area contributed by atoms with Gasteiger partial charge in [0.25, 0.3) is 0 Å². The van der Waals surface area contributed by atoms with E-state index in [4.69, 9.17) is 23.2 Å². The normalized spacial score (nSPS) is 19.6. The van der Waals surface area contributed by atoms with E-state index in [0.717, 1.165) is 25.9 Å². The standard InChI is InChI=1S/C16H21Cl2NO/c1-16(2)6-3-8-19(9-7-16)11-15(20)12-4-5-13(17)14(18)10-12/h4-5,10H,3,6-9,11H2,1-2H3. The molecule has 1 aliphatic rings. The molecule has 0 aromatic heterocycles. The largest absolute Gasteiger partial charge is 0.296 e.